The number of benzene rings is 1. The highest BCUT2D eigenvalue weighted by Crippen LogP contribution is 2.30. The Morgan fingerprint density at radius 1 is 1.45 bits per heavy atom. The normalized spacial score (nSPS) is 22.6. The Kier molecular flexibility index (Phi) is 4.82. The minimum absolute atomic E-state index is 0.102. The second-order valence-corrected chi connectivity index (χ2v) is 5.84. The number of hydrogen-bond donors (Lipinski definition) is 1. The van der Waals surface area contributed by atoms with E-state index in [4.69, 9.17) is 0 Å². The van der Waals surface area contributed by atoms with Gasteiger partial charge in [-0.05, 0) is 24.7 Å². The molecule has 2 atom stereocenters. The monoisotopic (exact) mass is 307 g/mol. The standard InChI is InChI=1S/C13H16F3NO2S/c1-17-5-6-20-8-11(17)12(18)9-3-2-4-10(7-9)19-13(14,15)16/h2-4,7,11-12,18H,5-6,8H2,1H3. The third-order valence-electron chi connectivity index (χ3n) is 3.24. The van der Waals surface area contributed by atoms with Crippen LogP contribution in [0.25, 0.3) is 0 Å². The molecular weight excluding hydrogens is 291 g/mol. The molecule has 7 heteroatoms. The lowest BCUT2D eigenvalue weighted by molar-refractivity contribution is -0.274. The van der Waals surface area contributed by atoms with Crippen LogP contribution in [0.2, 0.25) is 0 Å². The second-order valence-electron chi connectivity index (χ2n) is 4.69. The van der Waals surface area contributed by atoms with Crippen LogP contribution in [0.1, 0.15) is 11.7 Å². The lowest BCUT2D eigenvalue weighted by Gasteiger charge is -2.35. The van der Waals surface area contributed by atoms with Gasteiger partial charge in [-0.1, -0.05) is 12.1 Å². The molecule has 1 fully saturated rings. The Balaban J connectivity index is 2.13. The minimum atomic E-state index is -4.72. The quantitative estimate of drug-likeness (QED) is 0.930. The van der Waals surface area contributed by atoms with E-state index in [1.807, 2.05) is 11.9 Å². The molecule has 112 valence electrons. The average molecular weight is 307 g/mol. The van der Waals surface area contributed by atoms with Gasteiger partial charge in [0.1, 0.15) is 5.75 Å². The summed E-state index contributed by atoms with van der Waals surface area (Å²) in [5, 5.41) is 10.3. The third-order valence-corrected chi connectivity index (χ3v) is 4.29. The molecule has 0 radical (unpaired) electrons. The lowest BCUT2D eigenvalue weighted by atomic mass is 10.0. The number of likely N-dealkylation sites (N-methyl/N-ethyl adjacent to an activating group) is 1. The van der Waals surface area contributed by atoms with Crippen LogP contribution in [0, 0.1) is 0 Å². The van der Waals surface area contributed by atoms with E-state index >= 15 is 0 Å². The van der Waals surface area contributed by atoms with Crippen molar-refractivity contribution < 1.29 is 23.0 Å². The maximum Gasteiger partial charge on any atom is 0.573 e. The molecule has 1 saturated heterocycles. The molecule has 0 aromatic heterocycles. The minimum Gasteiger partial charge on any atom is -0.406 e. The van der Waals surface area contributed by atoms with Crippen molar-refractivity contribution in [2.75, 3.05) is 25.1 Å². The molecule has 20 heavy (non-hydrogen) atoms. The highest BCUT2D eigenvalue weighted by atomic mass is 32.2. The SMILES string of the molecule is CN1CCSCC1C(O)c1cccc(OC(F)(F)F)c1. The molecular formula is C13H16F3NO2S. The van der Waals surface area contributed by atoms with E-state index in [-0.39, 0.29) is 11.8 Å². The predicted molar refractivity (Wildman–Crippen MR) is 71.8 cm³/mol. The van der Waals surface area contributed by atoms with E-state index in [1.54, 1.807) is 17.8 Å². The zero-order valence-electron chi connectivity index (χ0n) is 10.9. The first-order valence-electron chi connectivity index (χ1n) is 6.18. The molecule has 0 amide bonds. The molecule has 1 heterocycles. The van der Waals surface area contributed by atoms with Gasteiger partial charge in [-0.15, -0.1) is 13.2 Å². The lowest BCUT2D eigenvalue weighted by Crippen LogP contribution is -2.43. The van der Waals surface area contributed by atoms with E-state index in [9.17, 15) is 18.3 Å². The molecule has 2 rings (SSSR count). The summed E-state index contributed by atoms with van der Waals surface area (Å²) >= 11 is 1.73. The smallest absolute Gasteiger partial charge is 0.406 e. The van der Waals surface area contributed by atoms with Gasteiger partial charge in [0.25, 0.3) is 0 Å². The Bertz CT molecular complexity index is 455. The number of ether oxygens (including phenoxy) is 1. The number of nitrogens with zero attached hydrogens (tertiary/aromatic N) is 1. The van der Waals surface area contributed by atoms with Gasteiger partial charge in [-0.3, -0.25) is 4.90 Å². The van der Waals surface area contributed by atoms with Gasteiger partial charge >= 0.3 is 6.36 Å². The fraction of sp³-hybridized carbons (Fsp3) is 0.538. The molecule has 1 aromatic rings. The number of rotatable bonds is 3. The predicted octanol–water partition coefficient (Wildman–Crippen LogP) is 2.67. The van der Waals surface area contributed by atoms with Crippen molar-refractivity contribution in [1.82, 2.24) is 4.90 Å². The number of aliphatic hydroxyl groups excluding tert-OH is 1. The molecule has 2 unspecified atom stereocenters. The van der Waals surface area contributed by atoms with Crippen LogP contribution in [0.5, 0.6) is 5.75 Å². The van der Waals surface area contributed by atoms with Crippen LogP contribution in [0.3, 0.4) is 0 Å². The summed E-state index contributed by atoms with van der Waals surface area (Å²) in [7, 11) is 1.91. The van der Waals surface area contributed by atoms with Crippen molar-refractivity contribution >= 4 is 11.8 Å². The van der Waals surface area contributed by atoms with Crippen molar-refractivity contribution in [2.24, 2.45) is 0 Å². The van der Waals surface area contributed by atoms with Crippen LogP contribution >= 0.6 is 11.8 Å². The van der Waals surface area contributed by atoms with Crippen LogP contribution < -0.4 is 4.74 Å². The maximum atomic E-state index is 12.2. The zero-order chi connectivity index (χ0) is 14.8. The first-order chi connectivity index (χ1) is 9.37. The van der Waals surface area contributed by atoms with Crippen LogP contribution in [-0.4, -0.2) is 47.5 Å². The maximum absolute atomic E-state index is 12.2. The number of hydrogen-bond acceptors (Lipinski definition) is 4. The summed E-state index contributed by atoms with van der Waals surface area (Å²) < 4.78 is 40.5. The average Bonchev–Trinajstić information content (AvgIpc) is 2.37. The van der Waals surface area contributed by atoms with Crippen LogP contribution in [0.4, 0.5) is 13.2 Å². The van der Waals surface area contributed by atoms with Crippen molar-refractivity contribution in [2.45, 2.75) is 18.5 Å². The second kappa shape index (κ2) is 6.24. The van der Waals surface area contributed by atoms with Gasteiger partial charge in [0.15, 0.2) is 0 Å². The Morgan fingerprint density at radius 2 is 2.20 bits per heavy atom. The first-order valence-corrected chi connectivity index (χ1v) is 7.34. The fourth-order valence-electron chi connectivity index (χ4n) is 2.16. The van der Waals surface area contributed by atoms with Gasteiger partial charge < -0.3 is 9.84 Å². The van der Waals surface area contributed by atoms with Gasteiger partial charge in [0, 0.05) is 24.1 Å². The summed E-state index contributed by atoms with van der Waals surface area (Å²) in [5.74, 6) is 1.44. The van der Waals surface area contributed by atoms with Gasteiger partial charge in [-0.2, -0.15) is 11.8 Å². The summed E-state index contributed by atoms with van der Waals surface area (Å²) in [6.07, 6.45) is -5.55. The molecule has 0 spiro atoms. The number of thioether (sulfide) groups is 1. The van der Waals surface area contributed by atoms with Gasteiger partial charge in [0.2, 0.25) is 0 Å². The largest absolute Gasteiger partial charge is 0.573 e. The fourth-order valence-corrected chi connectivity index (χ4v) is 3.42. The summed E-state index contributed by atoms with van der Waals surface area (Å²) in [6, 6.07) is 5.43. The van der Waals surface area contributed by atoms with E-state index in [0.29, 0.717) is 5.56 Å². The highest BCUT2D eigenvalue weighted by molar-refractivity contribution is 7.99. The van der Waals surface area contributed by atoms with E-state index in [2.05, 4.69) is 4.74 Å². The highest BCUT2D eigenvalue weighted by Gasteiger charge is 2.32. The topological polar surface area (TPSA) is 32.7 Å². The molecule has 0 bridgehead atoms. The first kappa shape index (κ1) is 15.5. The third kappa shape index (κ3) is 4.04. The summed E-state index contributed by atoms with van der Waals surface area (Å²) in [4.78, 5) is 2.03. The summed E-state index contributed by atoms with van der Waals surface area (Å²) in [6.45, 7) is 0.852. The van der Waals surface area contributed by atoms with Crippen LogP contribution in [-0.2, 0) is 0 Å². The number of aliphatic hydroxyl groups is 1. The van der Waals surface area contributed by atoms with Gasteiger partial charge in [0.05, 0.1) is 6.10 Å². The van der Waals surface area contributed by atoms with Gasteiger partial charge in [-0.25, -0.2) is 0 Å². The van der Waals surface area contributed by atoms with Crippen molar-refractivity contribution in [3.05, 3.63) is 29.8 Å². The van der Waals surface area contributed by atoms with E-state index in [1.165, 1.54) is 18.2 Å². The molecule has 1 aliphatic heterocycles. The van der Waals surface area contributed by atoms with Crippen molar-refractivity contribution in [1.29, 1.82) is 0 Å². The molecule has 1 aliphatic rings. The van der Waals surface area contributed by atoms with Crippen molar-refractivity contribution in [3.63, 3.8) is 0 Å². The Morgan fingerprint density at radius 3 is 2.85 bits per heavy atom. The molecule has 1 N–H and O–H groups in total. The molecule has 0 saturated carbocycles. The Labute approximate surface area is 119 Å². The van der Waals surface area contributed by atoms with E-state index < -0.39 is 12.5 Å². The Hall–Kier alpha value is -0.920. The summed E-state index contributed by atoms with van der Waals surface area (Å²) in [5.41, 5.74) is 0.436. The van der Waals surface area contributed by atoms with E-state index in [0.717, 1.165) is 18.1 Å². The molecule has 0 aliphatic carbocycles. The van der Waals surface area contributed by atoms with Crippen molar-refractivity contribution in [3.8, 4) is 5.75 Å². The zero-order valence-corrected chi connectivity index (χ0v) is 11.7. The van der Waals surface area contributed by atoms with Crippen LogP contribution in [0.15, 0.2) is 24.3 Å². The molecule has 3 nitrogen and oxygen atoms in total. The molecule has 1 aromatic carbocycles. The number of halogens is 3. The number of alkyl halides is 3.